The van der Waals surface area contributed by atoms with Gasteiger partial charge in [0.2, 0.25) is 5.95 Å². The molecule has 0 saturated carbocycles. The highest BCUT2D eigenvalue weighted by Crippen LogP contribution is 2.22. The van der Waals surface area contributed by atoms with Gasteiger partial charge in [0.05, 0.1) is 22.1 Å². The van der Waals surface area contributed by atoms with Crippen LogP contribution in [0.3, 0.4) is 0 Å². The van der Waals surface area contributed by atoms with Crippen LogP contribution in [0.5, 0.6) is 0 Å². The molecular weight excluding hydrogens is 312 g/mol. The monoisotopic (exact) mass is 322 g/mol. The maximum atomic E-state index is 12.6. The summed E-state index contributed by atoms with van der Waals surface area (Å²) < 4.78 is 0. The lowest BCUT2D eigenvalue weighted by Crippen LogP contribution is -2.13. The van der Waals surface area contributed by atoms with Gasteiger partial charge in [-0.1, -0.05) is 41.9 Å². The lowest BCUT2D eigenvalue weighted by Gasteiger charge is -2.06. The molecule has 5 nitrogen and oxygen atoms in total. The first-order chi connectivity index (χ1) is 11.2. The summed E-state index contributed by atoms with van der Waals surface area (Å²) in [5, 5.41) is 3.79. The van der Waals surface area contributed by atoms with Crippen molar-refractivity contribution in [3.8, 4) is 0 Å². The molecule has 0 saturated heterocycles. The Morgan fingerprint density at radius 2 is 1.74 bits per heavy atom. The first-order valence-corrected chi connectivity index (χ1v) is 7.40. The number of aromatic amines is 1. The van der Waals surface area contributed by atoms with E-state index < -0.39 is 0 Å². The van der Waals surface area contributed by atoms with Gasteiger partial charge in [0, 0.05) is 5.39 Å². The molecule has 4 aromatic rings. The second-order valence-electron chi connectivity index (χ2n) is 5.07. The highest BCUT2D eigenvalue weighted by Gasteiger charge is 2.14. The number of carbonyl (C=O) groups excluding carboxylic acids is 1. The summed E-state index contributed by atoms with van der Waals surface area (Å²) in [6.45, 7) is 0. The highest BCUT2D eigenvalue weighted by atomic mass is 35.5. The zero-order chi connectivity index (χ0) is 15.8. The summed E-state index contributed by atoms with van der Waals surface area (Å²) in [6, 6.07) is 16.5. The molecule has 2 N–H and O–H groups in total. The van der Waals surface area contributed by atoms with Crippen molar-refractivity contribution in [1.29, 1.82) is 0 Å². The molecule has 0 aliphatic rings. The Labute approximate surface area is 136 Å². The number of H-pyrrole nitrogens is 1. The zero-order valence-corrected chi connectivity index (χ0v) is 12.6. The summed E-state index contributed by atoms with van der Waals surface area (Å²) in [6.07, 6.45) is 0. The van der Waals surface area contributed by atoms with Gasteiger partial charge in [0.15, 0.2) is 0 Å². The first-order valence-electron chi connectivity index (χ1n) is 7.02. The number of nitrogens with zero attached hydrogens (tertiary/aromatic N) is 2. The van der Waals surface area contributed by atoms with Crippen molar-refractivity contribution in [2.75, 3.05) is 5.32 Å². The number of para-hydroxylation sites is 3. The van der Waals surface area contributed by atoms with E-state index in [-0.39, 0.29) is 11.1 Å². The van der Waals surface area contributed by atoms with Crippen LogP contribution in [-0.4, -0.2) is 20.9 Å². The number of aromatic nitrogens is 3. The van der Waals surface area contributed by atoms with Gasteiger partial charge >= 0.3 is 0 Å². The van der Waals surface area contributed by atoms with Gasteiger partial charge in [-0.05, 0) is 24.3 Å². The predicted molar refractivity (Wildman–Crippen MR) is 90.8 cm³/mol. The molecule has 0 spiro atoms. The van der Waals surface area contributed by atoms with Crippen molar-refractivity contribution in [1.82, 2.24) is 15.0 Å². The number of amides is 1. The topological polar surface area (TPSA) is 70.7 Å². The van der Waals surface area contributed by atoms with Gasteiger partial charge in [-0.15, -0.1) is 0 Å². The standard InChI is InChI=1S/C17H11ClN4O/c18-15-9-11(10-5-1-2-6-12(10)19-15)16(23)22-17-20-13-7-3-4-8-14(13)21-17/h1-9H,(H2,20,21,22,23). The Balaban J connectivity index is 1.74. The smallest absolute Gasteiger partial charge is 0.258 e. The van der Waals surface area contributed by atoms with E-state index in [1.54, 1.807) is 6.07 Å². The van der Waals surface area contributed by atoms with Crippen molar-refractivity contribution in [3.63, 3.8) is 0 Å². The number of hydrogen-bond acceptors (Lipinski definition) is 3. The van der Waals surface area contributed by atoms with Crippen molar-refractivity contribution in [2.45, 2.75) is 0 Å². The van der Waals surface area contributed by atoms with E-state index in [0.717, 1.165) is 16.4 Å². The van der Waals surface area contributed by atoms with Crippen LogP contribution >= 0.6 is 11.6 Å². The normalized spacial score (nSPS) is 11.0. The van der Waals surface area contributed by atoms with Crippen molar-refractivity contribution in [2.24, 2.45) is 0 Å². The van der Waals surface area contributed by atoms with E-state index in [1.807, 2.05) is 48.5 Å². The fourth-order valence-corrected chi connectivity index (χ4v) is 2.72. The number of halogens is 1. The third-order valence-electron chi connectivity index (χ3n) is 3.55. The molecule has 0 fully saturated rings. The fraction of sp³-hybridized carbons (Fsp3) is 0. The van der Waals surface area contributed by atoms with Crippen molar-refractivity contribution in [3.05, 3.63) is 65.3 Å². The molecule has 0 radical (unpaired) electrons. The summed E-state index contributed by atoms with van der Waals surface area (Å²) in [5.74, 6) is 0.109. The van der Waals surface area contributed by atoms with E-state index >= 15 is 0 Å². The van der Waals surface area contributed by atoms with Crippen LogP contribution in [0.15, 0.2) is 54.6 Å². The van der Waals surface area contributed by atoms with E-state index in [1.165, 1.54) is 0 Å². The third-order valence-corrected chi connectivity index (χ3v) is 3.74. The number of benzene rings is 2. The minimum atomic E-state index is -0.287. The molecule has 2 heterocycles. The van der Waals surface area contributed by atoms with Crippen LogP contribution in [0.25, 0.3) is 21.9 Å². The molecule has 0 unspecified atom stereocenters. The molecule has 23 heavy (non-hydrogen) atoms. The van der Waals surface area contributed by atoms with E-state index in [0.29, 0.717) is 17.0 Å². The molecule has 0 aliphatic heterocycles. The SMILES string of the molecule is O=C(Nc1nc2ccccc2[nH]1)c1cc(Cl)nc2ccccc12. The molecule has 0 aliphatic carbocycles. The predicted octanol–water partition coefficient (Wildman–Crippen LogP) is 4.02. The Morgan fingerprint density at radius 1 is 1.00 bits per heavy atom. The summed E-state index contributed by atoms with van der Waals surface area (Å²) in [7, 11) is 0. The molecule has 2 aromatic heterocycles. The van der Waals surface area contributed by atoms with Gasteiger partial charge in [0.1, 0.15) is 5.15 Å². The van der Waals surface area contributed by atoms with Crippen LogP contribution in [0, 0.1) is 0 Å². The number of carbonyl (C=O) groups is 1. The van der Waals surface area contributed by atoms with Gasteiger partial charge in [-0.3, -0.25) is 10.1 Å². The number of fused-ring (bicyclic) bond motifs is 2. The Morgan fingerprint density at radius 3 is 2.57 bits per heavy atom. The lowest BCUT2D eigenvalue weighted by molar-refractivity contribution is 0.102. The maximum Gasteiger partial charge on any atom is 0.258 e. The summed E-state index contributed by atoms with van der Waals surface area (Å²) in [4.78, 5) is 24.2. The molecule has 4 rings (SSSR count). The van der Waals surface area contributed by atoms with Crippen LogP contribution in [0.4, 0.5) is 5.95 Å². The van der Waals surface area contributed by atoms with E-state index in [9.17, 15) is 4.79 Å². The van der Waals surface area contributed by atoms with Crippen molar-refractivity contribution >= 4 is 45.4 Å². The number of hydrogen-bond donors (Lipinski definition) is 2. The number of nitrogens with one attached hydrogen (secondary N) is 2. The molecule has 0 bridgehead atoms. The van der Waals surface area contributed by atoms with Crippen LogP contribution in [0.1, 0.15) is 10.4 Å². The first kappa shape index (κ1) is 13.7. The zero-order valence-electron chi connectivity index (χ0n) is 11.9. The lowest BCUT2D eigenvalue weighted by atomic mass is 10.1. The maximum absolute atomic E-state index is 12.6. The van der Waals surface area contributed by atoms with Gasteiger partial charge in [-0.2, -0.15) is 0 Å². The minimum Gasteiger partial charge on any atom is -0.324 e. The Hall–Kier alpha value is -2.92. The van der Waals surface area contributed by atoms with Crippen LogP contribution in [-0.2, 0) is 0 Å². The van der Waals surface area contributed by atoms with E-state index in [4.69, 9.17) is 11.6 Å². The quantitative estimate of drug-likeness (QED) is 0.548. The second kappa shape index (κ2) is 5.37. The van der Waals surface area contributed by atoms with E-state index in [2.05, 4.69) is 20.3 Å². The van der Waals surface area contributed by atoms with Crippen LogP contribution < -0.4 is 5.32 Å². The summed E-state index contributed by atoms with van der Waals surface area (Å²) >= 11 is 6.02. The van der Waals surface area contributed by atoms with Gasteiger partial charge in [0.25, 0.3) is 5.91 Å². The third kappa shape index (κ3) is 2.51. The highest BCUT2D eigenvalue weighted by molar-refractivity contribution is 6.30. The average Bonchev–Trinajstić information content (AvgIpc) is 2.96. The number of anilines is 1. The molecule has 0 atom stereocenters. The molecule has 1 amide bonds. The number of rotatable bonds is 2. The fourth-order valence-electron chi connectivity index (χ4n) is 2.52. The Bertz CT molecular complexity index is 1010. The largest absolute Gasteiger partial charge is 0.324 e. The molecular formula is C17H11ClN4O. The molecule has 2 aromatic carbocycles. The van der Waals surface area contributed by atoms with Gasteiger partial charge in [-0.25, -0.2) is 9.97 Å². The summed E-state index contributed by atoms with van der Waals surface area (Å²) in [5.41, 5.74) is 2.79. The molecule has 112 valence electrons. The number of pyridine rings is 1. The molecule has 6 heteroatoms. The second-order valence-corrected chi connectivity index (χ2v) is 5.45. The average molecular weight is 323 g/mol. The number of imidazole rings is 1. The van der Waals surface area contributed by atoms with Crippen molar-refractivity contribution < 1.29 is 4.79 Å². The van der Waals surface area contributed by atoms with Crippen LogP contribution in [0.2, 0.25) is 5.15 Å². The van der Waals surface area contributed by atoms with Gasteiger partial charge < -0.3 is 4.98 Å². The Kier molecular flexibility index (Phi) is 3.20. The minimum absolute atomic E-state index is 0.276.